The summed E-state index contributed by atoms with van der Waals surface area (Å²) in [4.78, 5) is 16.3. The summed E-state index contributed by atoms with van der Waals surface area (Å²) in [5.41, 5.74) is 1.75. The highest BCUT2D eigenvalue weighted by Crippen LogP contribution is 2.24. The van der Waals surface area contributed by atoms with Gasteiger partial charge in [0.1, 0.15) is 17.3 Å². The third kappa shape index (κ3) is 5.98. The molecule has 0 aliphatic carbocycles. The summed E-state index contributed by atoms with van der Waals surface area (Å²) in [7, 11) is -1.46. The Bertz CT molecular complexity index is 1020. The lowest BCUT2D eigenvalue weighted by Crippen LogP contribution is -2.30. The fourth-order valence-corrected chi connectivity index (χ4v) is 3.91. The van der Waals surface area contributed by atoms with Crippen LogP contribution in [0, 0.1) is 12.7 Å². The fourth-order valence-electron chi connectivity index (χ4n) is 2.71. The van der Waals surface area contributed by atoms with Crippen molar-refractivity contribution in [3.05, 3.63) is 76.4 Å². The van der Waals surface area contributed by atoms with Crippen LogP contribution in [0.4, 0.5) is 4.39 Å². The second-order valence-corrected chi connectivity index (χ2v) is 8.35. The van der Waals surface area contributed by atoms with Crippen LogP contribution in [0.25, 0.3) is 11.5 Å². The number of rotatable bonds is 8. The second kappa shape index (κ2) is 9.80. The van der Waals surface area contributed by atoms with Gasteiger partial charge < -0.3 is 9.73 Å². The molecule has 8 heteroatoms. The average Bonchev–Trinajstić information content (AvgIpc) is 3.03. The number of aromatic nitrogens is 1. The summed E-state index contributed by atoms with van der Waals surface area (Å²) in [6.45, 7) is 2.12. The number of oxazole rings is 1. The molecule has 2 aromatic carbocycles. The van der Waals surface area contributed by atoms with Crippen LogP contribution in [-0.2, 0) is 27.8 Å². The summed E-state index contributed by atoms with van der Waals surface area (Å²) < 4.78 is 31.7. The van der Waals surface area contributed by atoms with Crippen molar-refractivity contribution in [1.82, 2.24) is 10.3 Å². The highest BCUT2D eigenvalue weighted by Gasteiger charge is 2.17. The molecule has 1 heterocycles. The number of carbonyl (C=O) groups excluding carboxylic acids is 1. The molecule has 0 radical (unpaired) electrons. The maximum atomic E-state index is 13.9. The van der Waals surface area contributed by atoms with E-state index < -0.39 is 16.6 Å². The highest BCUT2D eigenvalue weighted by molar-refractivity contribution is 7.84. The maximum Gasteiger partial charge on any atom is 0.232 e. The van der Waals surface area contributed by atoms with E-state index in [9.17, 15) is 13.4 Å². The van der Waals surface area contributed by atoms with Crippen LogP contribution in [0.3, 0.4) is 0 Å². The standard InChI is InChI=1S/C21H20ClFN2O3S/c1-14-19(25-21(28-14)17-4-2-3-5-18(17)23)12-29(27)13-20(26)24-11-10-15-6-8-16(22)9-7-15/h2-9H,10-13H2,1H3,(H,24,26). The Morgan fingerprint density at radius 1 is 1.21 bits per heavy atom. The summed E-state index contributed by atoms with van der Waals surface area (Å²) in [5.74, 6) is -0.217. The van der Waals surface area contributed by atoms with E-state index in [0.29, 0.717) is 29.4 Å². The quantitative estimate of drug-likeness (QED) is 0.580. The van der Waals surface area contributed by atoms with Gasteiger partial charge in [0, 0.05) is 22.4 Å². The zero-order chi connectivity index (χ0) is 20.8. The van der Waals surface area contributed by atoms with Crippen LogP contribution in [0.15, 0.2) is 52.9 Å². The van der Waals surface area contributed by atoms with Crippen molar-refractivity contribution in [2.75, 3.05) is 12.3 Å². The number of hydrogen-bond donors (Lipinski definition) is 1. The molecule has 0 aliphatic heterocycles. The molecule has 0 spiro atoms. The van der Waals surface area contributed by atoms with Crippen molar-refractivity contribution >= 4 is 28.3 Å². The molecule has 1 atom stereocenters. The molecule has 0 saturated carbocycles. The fraction of sp³-hybridized carbons (Fsp3) is 0.238. The van der Waals surface area contributed by atoms with Crippen LogP contribution in [-0.4, -0.2) is 27.4 Å². The number of hydrogen-bond acceptors (Lipinski definition) is 4. The predicted molar refractivity (Wildman–Crippen MR) is 112 cm³/mol. The molecular weight excluding hydrogens is 415 g/mol. The molecule has 29 heavy (non-hydrogen) atoms. The molecule has 0 aliphatic rings. The van der Waals surface area contributed by atoms with Crippen molar-refractivity contribution in [2.45, 2.75) is 19.1 Å². The molecule has 152 valence electrons. The van der Waals surface area contributed by atoms with Crippen LogP contribution >= 0.6 is 11.6 Å². The number of nitrogens with zero attached hydrogens (tertiary/aromatic N) is 1. The molecular formula is C21H20ClFN2O3S. The van der Waals surface area contributed by atoms with E-state index in [0.717, 1.165) is 5.56 Å². The summed E-state index contributed by atoms with van der Waals surface area (Å²) >= 11 is 5.84. The SMILES string of the molecule is Cc1oc(-c2ccccc2F)nc1CS(=O)CC(=O)NCCc1ccc(Cl)cc1. The lowest BCUT2D eigenvalue weighted by molar-refractivity contribution is -0.118. The van der Waals surface area contributed by atoms with E-state index in [-0.39, 0.29) is 28.9 Å². The van der Waals surface area contributed by atoms with Gasteiger partial charge in [0.25, 0.3) is 0 Å². The lowest BCUT2D eigenvalue weighted by Gasteiger charge is -2.05. The molecule has 3 rings (SSSR count). The van der Waals surface area contributed by atoms with E-state index in [1.807, 2.05) is 12.1 Å². The number of halogens is 2. The number of carbonyl (C=O) groups is 1. The van der Waals surface area contributed by atoms with Crippen LogP contribution in [0.5, 0.6) is 0 Å². The van der Waals surface area contributed by atoms with Gasteiger partial charge >= 0.3 is 0 Å². The minimum absolute atomic E-state index is 0.0639. The zero-order valence-electron chi connectivity index (χ0n) is 15.8. The molecule has 3 aromatic rings. The monoisotopic (exact) mass is 434 g/mol. The summed E-state index contributed by atoms with van der Waals surface area (Å²) in [6.07, 6.45) is 0.657. The smallest absolute Gasteiger partial charge is 0.232 e. The van der Waals surface area contributed by atoms with Gasteiger partial charge in [0.2, 0.25) is 11.8 Å². The molecule has 1 unspecified atom stereocenters. The Morgan fingerprint density at radius 3 is 2.66 bits per heavy atom. The molecule has 5 nitrogen and oxygen atoms in total. The topological polar surface area (TPSA) is 72.2 Å². The first-order valence-electron chi connectivity index (χ1n) is 8.99. The average molecular weight is 435 g/mol. The minimum Gasteiger partial charge on any atom is -0.441 e. The van der Waals surface area contributed by atoms with Crippen molar-refractivity contribution in [3.63, 3.8) is 0 Å². The third-order valence-corrected chi connectivity index (χ3v) is 5.67. The maximum absolute atomic E-state index is 13.9. The second-order valence-electron chi connectivity index (χ2n) is 6.46. The number of nitrogens with one attached hydrogen (secondary N) is 1. The minimum atomic E-state index is -1.46. The van der Waals surface area contributed by atoms with Gasteiger partial charge in [-0.15, -0.1) is 0 Å². The van der Waals surface area contributed by atoms with Crippen molar-refractivity contribution in [3.8, 4) is 11.5 Å². The molecule has 1 amide bonds. The van der Waals surface area contributed by atoms with Gasteiger partial charge in [-0.2, -0.15) is 0 Å². The number of benzene rings is 2. The van der Waals surface area contributed by atoms with Gasteiger partial charge in [-0.25, -0.2) is 9.37 Å². The van der Waals surface area contributed by atoms with Gasteiger partial charge in [-0.3, -0.25) is 9.00 Å². The van der Waals surface area contributed by atoms with Crippen molar-refractivity contribution in [2.24, 2.45) is 0 Å². The molecule has 1 aromatic heterocycles. The van der Waals surface area contributed by atoms with E-state index in [4.69, 9.17) is 16.0 Å². The molecule has 0 fully saturated rings. The molecule has 0 bridgehead atoms. The first-order valence-corrected chi connectivity index (χ1v) is 10.9. The first-order chi connectivity index (χ1) is 13.9. The largest absolute Gasteiger partial charge is 0.441 e. The van der Waals surface area contributed by atoms with Crippen LogP contribution < -0.4 is 5.32 Å². The highest BCUT2D eigenvalue weighted by atomic mass is 35.5. The predicted octanol–water partition coefficient (Wildman–Crippen LogP) is 4.05. The van der Waals surface area contributed by atoms with E-state index >= 15 is 0 Å². The van der Waals surface area contributed by atoms with E-state index in [2.05, 4.69) is 10.3 Å². The van der Waals surface area contributed by atoms with Gasteiger partial charge in [-0.1, -0.05) is 35.9 Å². The van der Waals surface area contributed by atoms with Gasteiger partial charge in [0.05, 0.1) is 17.0 Å². The Morgan fingerprint density at radius 2 is 1.93 bits per heavy atom. The summed E-state index contributed by atoms with van der Waals surface area (Å²) in [5, 5.41) is 3.42. The van der Waals surface area contributed by atoms with E-state index in [1.54, 1.807) is 37.3 Å². The number of aryl methyl sites for hydroxylation is 1. The normalized spacial score (nSPS) is 12.0. The number of amides is 1. The molecule has 0 saturated heterocycles. The first kappa shape index (κ1) is 21.2. The lowest BCUT2D eigenvalue weighted by atomic mass is 10.1. The van der Waals surface area contributed by atoms with Gasteiger partial charge in [0.15, 0.2) is 0 Å². The zero-order valence-corrected chi connectivity index (χ0v) is 17.4. The van der Waals surface area contributed by atoms with Crippen LogP contribution in [0.2, 0.25) is 5.02 Å². The Hall–Kier alpha value is -2.51. The molecule has 1 N–H and O–H groups in total. The van der Waals surface area contributed by atoms with Crippen LogP contribution in [0.1, 0.15) is 17.0 Å². The Balaban J connectivity index is 1.50. The summed E-state index contributed by atoms with van der Waals surface area (Å²) in [6, 6.07) is 13.5. The van der Waals surface area contributed by atoms with E-state index in [1.165, 1.54) is 6.07 Å². The third-order valence-electron chi connectivity index (χ3n) is 4.24. The van der Waals surface area contributed by atoms with Gasteiger partial charge in [-0.05, 0) is 43.2 Å². The Labute approximate surface area is 175 Å². The van der Waals surface area contributed by atoms with Crippen molar-refractivity contribution < 1.29 is 17.8 Å². The van der Waals surface area contributed by atoms with Crippen molar-refractivity contribution in [1.29, 1.82) is 0 Å². The Kier molecular flexibility index (Phi) is 7.17.